The van der Waals surface area contributed by atoms with Gasteiger partial charge in [0.2, 0.25) is 5.88 Å². The summed E-state index contributed by atoms with van der Waals surface area (Å²) >= 11 is 0. The van der Waals surface area contributed by atoms with Crippen molar-refractivity contribution in [3.05, 3.63) is 11.8 Å². The van der Waals surface area contributed by atoms with Gasteiger partial charge in [0, 0.05) is 12.5 Å². The first-order valence-corrected chi connectivity index (χ1v) is 4.36. The average molecular weight is 270 g/mol. The summed E-state index contributed by atoms with van der Waals surface area (Å²) in [6, 6.07) is 1.52. The maximum Gasteiger partial charge on any atom is 0.490 e. The van der Waals surface area contributed by atoms with Crippen LogP contribution in [0.3, 0.4) is 0 Å². The smallest absolute Gasteiger partial charge is 0.481 e. The number of alkyl halides is 3. The van der Waals surface area contributed by atoms with Gasteiger partial charge in [0.25, 0.3) is 0 Å². The molecule has 0 aliphatic carbocycles. The molecule has 0 saturated carbocycles. The molecule has 4 N–H and O–H groups in total. The van der Waals surface area contributed by atoms with Crippen LogP contribution < -0.4 is 5.73 Å². The monoisotopic (exact) mass is 270 g/mol. The molecule has 7 nitrogen and oxygen atoms in total. The van der Waals surface area contributed by atoms with E-state index < -0.39 is 18.1 Å². The van der Waals surface area contributed by atoms with Crippen LogP contribution in [-0.4, -0.2) is 33.5 Å². The Morgan fingerprint density at radius 2 is 1.89 bits per heavy atom. The molecule has 0 bridgehead atoms. The zero-order valence-corrected chi connectivity index (χ0v) is 8.77. The van der Waals surface area contributed by atoms with Gasteiger partial charge in [-0.05, 0) is 0 Å². The van der Waals surface area contributed by atoms with Crippen molar-refractivity contribution >= 4 is 17.8 Å². The number of aromatic nitrogens is 1. The van der Waals surface area contributed by atoms with E-state index in [-0.39, 0.29) is 12.3 Å². The van der Waals surface area contributed by atoms with Crippen molar-refractivity contribution in [1.29, 1.82) is 0 Å². The van der Waals surface area contributed by atoms with Gasteiger partial charge in [-0.2, -0.15) is 13.2 Å². The molecule has 0 atom stereocenters. The number of aryl methyl sites for hydroxylation is 1. The molecule has 1 rings (SSSR count). The van der Waals surface area contributed by atoms with Crippen LogP contribution in [0.2, 0.25) is 0 Å². The average Bonchev–Trinajstić information content (AvgIpc) is 2.60. The molecular weight excluding hydrogens is 261 g/mol. The Labute approximate surface area is 98.0 Å². The number of rotatable bonds is 3. The highest BCUT2D eigenvalue weighted by atomic mass is 19.4. The van der Waals surface area contributed by atoms with Crippen molar-refractivity contribution in [2.45, 2.75) is 19.0 Å². The lowest BCUT2D eigenvalue weighted by Gasteiger charge is -1.93. The number of carboxylic acid groups (broad SMARTS) is 2. The zero-order valence-electron chi connectivity index (χ0n) is 8.77. The van der Waals surface area contributed by atoms with Gasteiger partial charge < -0.3 is 20.5 Å². The topological polar surface area (TPSA) is 127 Å². The Bertz CT molecular complexity index is 415. The fourth-order valence-corrected chi connectivity index (χ4v) is 0.681. The minimum absolute atomic E-state index is 0.0476. The standard InChI is InChI=1S/C6H8N2O3.C2HF3O2/c7-5-3-4(8-11-5)1-2-6(9)10;3-2(4,5)1(6)7/h3H,1-2,7H2,(H,9,10);(H,6,7). The van der Waals surface area contributed by atoms with Crippen LogP contribution in [0.5, 0.6) is 0 Å². The molecule has 0 unspecified atom stereocenters. The molecule has 0 aromatic carbocycles. The maximum atomic E-state index is 10.6. The summed E-state index contributed by atoms with van der Waals surface area (Å²) in [5.74, 6) is -3.40. The van der Waals surface area contributed by atoms with Crippen LogP contribution in [0.25, 0.3) is 0 Å². The summed E-state index contributed by atoms with van der Waals surface area (Å²) in [4.78, 5) is 19.0. The SMILES string of the molecule is Nc1cc(CCC(=O)O)no1.O=C(O)C(F)(F)F. The number of carboxylic acids is 2. The lowest BCUT2D eigenvalue weighted by molar-refractivity contribution is -0.192. The van der Waals surface area contributed by atoms with Gasteiger partial charge in [-0.15, -0.1) is 0 Å². The van der Waals surface area contributed by atoms with E-state index in [1.165, 1.54) is 6.07 Å². The van der Waals surface area contributed by atoms with Crippen LogP contribution in [0.15, 0.2) is 10.6 Å². The van der Waals surface area contributed by atoms with Crippen molar-refractivity contribution in [2.75, 3.05) is 5.73 Å². The predicted octanol–water partition coefficient (Wildman–Crippen LogP) is 0.907. The Kier molecular flexibility index (Phi) is 5.66. The summed E-state index contributed by atoms with van der Waals surface area (Å²) in [7, 11) is 0. The van der Waals surface area contributed by atoms with Gasteiger partial charge in [0.15, 0.2) is 0 Å². The first kappa shape index (κ1) is 15.7. The fourth-order valence-electron chi connectivity index (χ4n) is 0.681. The summed E-state index contributed by atoms with van der Waals surface area (Å²) in [5, 5.41) is 18.9. The third-order valence-electron chi connectivity index (χ3n) is 1.41. The maximum absolute atomic E-state index is 10.6. The Hall–Kier alpha value is -2.26. The molecule has 1 aromatic heterocycles. The van der Waals surface area contributed by atoms with E-state index in [1.54, 1.807) is 0 Å². The number of hydrogen-bond acceptors (Lipinski definition) is 5. The third kappa shape index (κ3) is 7.09. The second-order valence-corrected chi connectivity index (χ2v) is 2.92. The highest BCUT2D eigenvalue weighted by molar-refractivity contribution is 5.73. The lowest BCUT2D eigenvalue weighted by atomic mass is 10.2. The number of nitrogens with zero attached hydrogens (tertiary/aromatic N) is 1. The van der Waals surface area contributed by atoms with Crippen molar-refractivity contribution in [1.82, 2.24) is 5.16 Å². The summed E-state index contributed by atoms with van der Waals surface area (Å²) in [6.45, 7) is 0. The second-order valence-electron chi connectivity index (χ2n) is 2.92. The molecule has 0 aliphatic heterocycles. The van der Waals surface area contributed by atoms with Gasteiger partial charge in [-0.1, -0.05) is 5.16 Å². The fraction of sp³-hybridized carbons (Fsp3) is 0.375. The molecule has 1 heterocycles. The van der Waals surface area contributed by atoms with Crippen LogP contribution in [-0.2, 0) is 16.0 Å². The van der Waals surface area contributed by atoms with Crippen LogP contribution >= 0.6 is 0 Å². The highest BCUT2D eigenvalue weighted by Crippen LogP contribution is 2.13. The Balaban J connectivity index is 0.000000360. The van der Waals surface area contributed by atoms with E-state index in [0.717, 1.165) is 0 Å². The molecule has 102 valence electrons. The molecule has 0 spiro atoms. The summed E-state index contributed by atoms with van der Waals surface area (Å²) < 4.78 is 36.3. The van der Waals surface area contributed by atoms with Gasteiger partial charge in [-0.25, -0.2) is 4.79 Å². The molecular formula is C8H9F3N2O5. The minimum Gasteiger partial charge on any atom is -0.481 e. The van der Waals surface area contributed by atoms with Gasteiger partial charge in [0.1, 0.15) is 0 Å². The van der Waals surface area contributed by atoms with E-state index in [0.29, 0.717) is 12.1 Å². The number of carbonyl (C=O) groups is 2. The Morgan fingerprint density at radius 3 is 2.17 bits per heavy atom. The molecule has 0 aliphatic rings. The molecule has 18 heavy (non-hydrogen) atoms. The van der Waals surface area contributed by atoms with E-state index in [2.05, 4.69) is 9.68 Å². The van der Waals surface area contributed by atoms with Crippen LogP contribution in [0.4, 0.5) is 19.1 Å². The van der Waals surface area contributed by atoms with Gasteiger partial charge in [-0.3, -0.25) is 4.79 Å². The van der Waals surface area contributed by atoms with Gasteiger partial charge in [0.05, 0.1) is 12.1 Å². The molecule has 10 heteroatoms. The first-order valence-electron chi connectivity index (χ1n) is 4.36. The highest BCUT2D eigenvalue weighted by Gasteiger charge is 2.38. The van der Waals surface area contributed by atoms with E-state index in [4.69, 9.17) is 20.7 Å². The van der Waals surface area contributed by atoms with Gasteiger partial charge >= 0.3 is 18.1 Å². The van der Waals surface area contributed by atoms with E-state index in [9.17, 15) is 18.0 Å². The molecule has 1 aromatic rings. The predicted molar refractivity (Wildman–Crippen MR) is 50.6 cm³/mol. The number of anilines is 1. The van der Waals surface area contributed by atoms with Crippen molar-refractivity contribution in [3.63, 3.8) is 0 Å². The molecule has 0 amide bonds. The third-order valence-corrected chi connectivity index (χ3v) is 1.41. The molecule has 0 fully saturated rings. The molecule has 0 radical (unpaired) electrons. The van der Waals surface area contributed by atoms with Crippen LogP contribution in [0, 0.1) is 0 Å². The van der Waals surface area contributed by atoms with E-state index >= 15 is 0 Å². The summed E-state index contributed by atoms with van der Waals surface area (Å²) in [6.07, 6.45) is -4.68. The van der Waals surface area contributed by atoms with Crippen molar-refractivity contribution in [2.24, 2.45) is 0 Å². The molecule has 0 saturated heterocycles. The summed E-state index contributed by atoms with van der Waals surface area (Å²) in [5.41, 5.74) is 5.78. The Morgan fingerprint density at radius 1 is 1.39 bits per heavy atom. The largest absolute Gasteiger partial charge is 0.490 e. The zero-order chi connectivity index (χ0) is 14.3. The van der Waals surface area contributed by atoms with E-state index in [1.807, 2.05) is 0 Å². The second kappa shape index (κ2) is 6.47. The van der Waals surface area contributed by atoms with Crippen molar-refractivity contribution < 1.29 is 37.5 Å². The quantitative estimate of drug-likeness (QED) is 0.744. The number of halogens is 3. The first-order chi connectivity index (χ1) is 8.12. The number of aliphatic carboxylic acids is 2. The number of nitrogen functional groups attached to an aromatic ring is 1. The number of hydrogen-bond donors (Lipinski definition) is 3. The number of nitrogens with two attached hydrogens (primary N) is 1. The lowest BCUT2D eigenvalue weighted by Crippen LogP contribution is -2.21. The van der Waals surface area contributed by atoms with Crippen LogP contribution in [0.1, 0.15) is 12.1 Å². The van der Waals surface area contributed by atoms with Crippen molar-refractivity contribution in [3.8, 4) is 0 Å². The normalized spacial score (nSPS) is 10.4. The minimum atomic E-state index is -5.08.